The van der Waals surface area contributed by atoms with E-state index in [0.29, 0.717) is 30.4 Å². The quantitative estimate of drug-likeness (QED) is 0.542. The standard InChI is InChI=1S/C20H25F2N3O2/c1-4-26-17-7-5-6-16(18(17)27-19(21)22)13-25-20(23-3)24-12-15-10-8-14(2)9-11-15/h5-11,19H,4,12-13H2,1-3H3,(H2,23,24,25). The van der Waals surface area contributed by atoms with Crippen molar-refractivity contribution < 1.29 is 18.3 Å². The number of benzene rings is 2. The van der Waals surface area contributed by atoms with Crippen molar-refractivity contribution in [3.8, 4) is 11.5 Å². The predicted molar refractivity (Wildman–Crippen MR) is 102 cm³/mol. The number of para-hydroxylation sites is 1. The van der Waals surface area contributed by atoms with E-state index in [1.165, 1.54) is 5.56 Å². The van der Waals surface area contributed by atoms with Crippen LogP contribution in [0.25, 0.3) is 0 Å². The molecule has 0 saturated heterocycles. The molecule has 2 aromatic rings. The Balaban J connectivity index is 2.02. The molecule has 0 spiro atoms. The van der Waals surface area contributed by atoms with Crippen molar-refractivity contribution in [2.45, 2.75) is 33.5 Å². The summed E-state index contributed by atoms with van der Waals surface area (Å²) >= 11 is 0. The number of nitrogens with zero attached hydrogens (tertiary/aromatic N) is 1. The van der Waals surface area contributed by atoms with Crippen LogP contribution in [0.4, 0.5) is 8.78 Å². The molecule has 7 heteroatoms. The Labute approximate surface area is 158 Å². The molecule has 0 amide bonds. The zero-order chi connectivity index (χ0) is 19.6. The van der Waals surface area contributed by atoms with Crippen LogP contribution in [0, 0.1) is 6.92 Å². The van der Waals surface area contributed by atoms with Gasteiger partial charge in [-0.1, -0.05) is 42.0 Å². The third kappa shape index (κ3) is 6.44. The monoisotopic (exact) mass is 377 g/mol. The maximum atomic E-state index is 12.8. The second-order valence-electron chi connectivity index (χ2n) is 5.82. The summed E-state index contributed by atoms with van der Waals surface area (Å²) in [6.45, 7) is 2.11. The number of hydrogen-bond donors (Lipinski definition) is 2. The highest BCUT2D eigenvalue weighted by atomic mass is 19.3. The second kappa shape index (κ2) is 10.4. The molecule has 0 fully saturated rings. The minimum Gasteiger partial charge on any atom is -0.490 e. The molecule has 0 aliphatic rings. The smallest absolute Gasteiger partial charge is 0.387 e. The van der Waals surface area contributed by atoms with Gasteiger partial charge in [0.05, 0.1) is 6.61 Å². The Kier molecular flexibility index (Phi) is 7.85. The van der Waals surface area contributed by atoms with Gasteiger partial charge in [-0.2, -0.15) is 8.78 Å². The number of ether oxygens (including phenoxy) is 2. The molecule has 0 unspecified atom stereocenters. The van der Waals surface area contributed by atoms with E-state index in [-0.39, 0.29) is 12.3 Å². The third-order valence-corrected chi connectivity index (χ3v) is 3.82. The normalized spacial score (nSPS) is 11.4. The van der Waals surface area contributed by atoms with Crippen LogP contribution in [0.3, 0.4) is 0 Å². The van der Waals surface area contributed by atoms with E-state index < -0.39 is 6.61 Å². The number of rotatable bonds is 8. The van der Waals surface area contributed by atoms with Gasteiger partial charge >= 0.3 is 6.61 Å². The Morgan fingerprint density at radius 2 is 1.78 bits per heavy atom. The molecule has 0 heterocycles. The van der Waals surface area contributed by atoms with Gasteiger partial charge in [0.25, 0.3) is 0 Å². The van der Waals surface area contributed by atoms with Gasteiger partial charge in [-0.15, -0.1) is 0 Å². The highest BCUT2D eigenvalue weighted by Gasteiger charge is 2.16. The lowest BCUT2D eigenvalue weighted by Gasteiger charge is -2.17. The Hall–Kier alpha value is -2.83. The number of nitrogens with one attached hydrogen (secondary N) is 2. The van der Waals surface area contributed by atoms with Crippen LogP contribution in [-0.4, -0.2) is 26.2 Å². The molecule has 0 aromatic heterocycles. The first-order valence-corrected chi connectivity index (χ1v) is 8.73. The topological polar surface area (TPSA) is 54.9 Å². The fourth-order valence-electron chi connectivity index (χ4n) is 2.48. The highest BCUT2D eigenvalue weighted by Crippen LogP contribution is 2.32. The van der Waals surface area contributed by atoms with Crippen LogP contribution in [0.2, 0.25) is 0 Å². The molecule has 0 atom stereocenters. The predicted octanol–water partition coefficient (Wildman–Crippen LogP) is 3.86. The molecule has 5 nitrogen and oxygen atoms in total. The van der Waals surface area contributed by atoms with Crippen molar-refractivity contribution in [3.63, 3.8) is 0 Å². The van der Waals surface area contributed by atoms with Gasteiger partial charge in [0, 0.05) is 25.7 Å². The molecule has 2 rings (SSSR count). The van der Waals surface area contributed by atoms with Crippen LogP contribution in [0.5, 0.6) is 11.5 Å². The minimum atomic E-state index is -2.93. The molecule has 0 aliphatic heterocycles. The van der Waals surface area contributed by atoms with Gasteiger partial charge in [-0.3, -0.25) is 4.99 Å². The van der Waals surface area contributed by atoms with Crippen molar-refractivity contribution in [3.05, 3.63) is 59.2 Å². The first-order chi connectivity index (χ1) is 13.0. The van der Waals surface area contributed by atoms with E-state index in [1.54, 1.807) is 32.2 Å². The lowest BCUT2D eigenvalue weighted by atomic mass is 10.1. The number of aryl methyl sites for hydroxylation is 1. The molecular weight excluding hydrogens is 352 g/mol. The van der Waals surface area contributed by atoms with Crippen LogP contribution >= 0.6 is 0 Å². The fraction of sp³-hybridized carbons (Fsp3) is 0.350. The Bertz CT molecular complexity index is 749. The summed E-state index contributed by atoms with van der Waals surface area (Å²) in [7, 11) is 1.65. The molecule has 27 heavy (non-hydrogen) atoms. The van der Waals surface area contributed by atoms with Gasteiger partial charge in [0.15, 0.2) is 17.5 Å². The molecular formula is C20H25F2N3O2. The lowest BCUT2D eigenvalue weighted by Crippen LogP contribution is -2.36. The summed E-state index contributed by atoms with van der Waals surface area (Å²) in [6.07, 6.45) is 0. The average Bonchev–Trinajstić information content (AvgIpc) is 2.65. The lowest BCUT2D eigenvalue weighted by molar-refractivity contribution is -0.0520. The second-order valence-corrected chi connectivity index (χ2v) is 5.82. The summed E-state index contributed by atoms with van der Waals surface area (Å²) in [5.41, 5.74) is 2.87. The van der Waals surface area contributed by atoms with E-state index in [0.717, 1.165) is 5.56 Å². The number of hydrogen-bond acceptors (Lipinski definition) is 3. The maximum absolute atomic E-state index is 12.8. The number of halogens is 2. The average molecular weight is 377 g/mol. The van der Waals surface area contributed by atoms with Crippen molar-refractivity contribution in [2.75, 3.05) is 13.7 Å². The van der Waals surface area contributed by atoms with E-state index in [1.807, 2.05) is 31.2 Å². The molecule has 0 bridgehead atoms. The van der Waals surface area contributed by atoms with Gasteiger partial charge in [0.1, 0.15) is 0 Å². The van der Waals surface area contributed by atoms with Crippen molar-refractivity contribution in [2.24, 2.45) is 4.99 Å². The summed E-state index contributed by atoms with van der Waals surface area (Å²) in [5, 5.41) is 6.30. The first kappa shape index (κ1) is 20.5. The van der Waals surface area contributed by atoms with Crippen LogP contribution in [-0.2, 0) is 13.1 Å². The number of alkyl halides is 2. The molecule has 2 N–H and O–H groups in total. The first-order valence-electron chi connectivity index (χ1n) is 8.73. The van der Waals surface area contributed by atoms with E-state index >= 15 is 0 Å². The van der Waals surface area contributed by atoms with Crippen molar-refractivity contribution in [1.29, 1.82) is 0 Å². The van der Waals surface area contributed by atoms with Crippen LogP contribution < -0.4 is 20.1 Å². The molecule has 146 valence electrons. The molecule has 0 radical (unpaired) electrons. The SMILES string of the molecule is CCOc1cccc(CNC(=NC)NCc2ccc(C)cc2)c1OC(F)F. The number of guanidine groups is 1. The highest BCUT2D eigenvalue weighted by molar-refractivity contribution is 5.79. The van der Waals surface area contributed by atoms with Crippen LogP contribution in [0.1, 0.15) is 23.6 Å². The number of aliphatic imine (C=N–C) groups is 1. The van der Waals surface area contributed by atoms with Gasteiger partial charge in [0.2, 0.25) is 0 Å². The summed E-state index contributed by atoms with van der Waals surface area (Å²) in [6, 6.07) is 13.2. The zero-order valence-electron chi connectivity index (χ0n) is 15.8. The minimum absolute atomic E-state index is 0.0378. The molecule has 2 aromatic carbocycles. The largest absolute Gasteiger partial charge is 0.490 e. The van der Waals surface area contributed by atoms with Gasteiger partial charge < -0.3 is 20.1 Å². The van der Waals surface area contributed by atoms with Crippen LogP contribution in [0.15, 0.2) is 47.5 Å². The summed E-state index contributed by atoms with van der Waals surface area (Å²) < 4.78 is 35.6. The summed E-state index contributed by atoms with van der Waals surface area (Å²) in [5.74, 6) is 0.885. The van der Waals surface area contributed by atoms with Gasteiger partial charge in [-0.25, -0.2) is 0 Å². The molecule has 0 saturated carbocycles. The van der Waals surface area contributed by atoms with Crippen molar-refractivity contribution >= 4 is 5.96 Å². The van der Waals surface area contributed by atoms with Crippen molar-refractivity contribution in [1.82, 2.24) is 10.6 Å². The fourth-order valence-corrected chi connectivity index (χ4v) is 2.48. The molecule has 0 aliphatic carbocycles. The third-order valence-electron chi connectivity index (χ3n) is 3.82. The Morgan fingerprint density at radius 1 is 1.07 bits per heavy atom. The van der Waals surface area contributed by atoms with Gasteiger partial charge in [-0.05, 0) is 25.5 Å². The summed E-state index contributed by atoms with van der Waals surface area (Å²) in [4.78, 5) is 4.16. The van der Waals surface area contributed by atoms with E-state index in [9.17, 15) is 8.78 Å². The Morgan fingerprint density at radius 3 is 2.41 bits per heavy atom. The van der Waals surface area contributed by atoms with E-state index in [4.69, 9.17) is 4.74 Å². The maximum Gasteiger partial charge on any atom is 0.387 e. The van der Waals surface area contributed by atoms with E-state index in [2.05, 4.69) is 20.4 Å². The zero-order valence-corrected chi connectivity index (χ0v) is 15.8.